The van der Waals surface area contributed by atoms with E-state index in [1.807, 2.05) is 20.8 Å². The smallest absolute Gasteiger partial charge is 0.226 e. The van der Waals surface area contributed by atoms with Crippen LogP contribution in [0, 0.1) is 5.41 Å². The number of hydrogen-bond donors (Lipinski definition) is 1. The first kappa shape index (κ1) is 21.4. The summed E-state index contributed by atoms with van der Waals surface area (Å²) < 4.78 is 7.74. The summed E-state index contributed by atoms with van der Waals surface area (Å²) in [4.78, 5) is 12.2. The molecule has 0 radical (unpaired) electrons. The van der Waals surface area contributed by atoms with Gasteiger partial charge in [0.05, 0.1) is 24.9 Å². The Morgan fingerprint density at radius 1 is 1.35 bits per heavy atom. The number of benzene rings is 1. The zero-order valence-corrected chi connectivity index (χ0v) is 19.5. The van der Waals surface area contributed by atoms with Gasteiger partial charge in [0.15, 0.2) is 0 Å². The molecule has 0 bridgehead atoms. The molecule has 0 atom stereocenters. The maximum Gasteiger partial charge on any atom is 0.226 e. The van der Waals surface area contributed by atoms with Gasteiger partial charge in [-0.15, -0.1) is 0 Å². The zero-order valence-electron chi connectivity index (χ0n) is 16.5. The van der Waals surface area contributed by atoms with Gasteiger partial charge in [0.1, 0.15) is 5.75 Å². The summed E-state index contributed by atoms with van der Waals surface area (Å²) in [5.74, 6) is 1.49. The largest absolute Gasteiger partial charge is 0.496 e. The van der Waals surface area contributed by atoms with Crippen molar-refractivity contribution in [2.24, 2.45) is 5.41 Å². The molecule has 1 aromatic carbocycles. The summed E-state index contributed by atoms with van der Waals surface area (Å²) in [5, 5.41) is 4.28. The minimum atomic E-state index is -0.137. The number of fused-ring (bicyclic) bond motifs is 1. The lowest BCUT2D eigenvalue weighted by Crippen LogP contribution is -2.30. The Morgan fingerprint density at radius 2 is 2.00 bits per heavy atom. The topological polar surface area (TPSA) is 43.3 Å². The molecular weight excluding hydrogens is 459 g/mol. The maximum absolute atomic E-state index is 12.2. The van der Waals surface area contributed by atoms with Crippen molar-refractivity contribution in [1.82, 2.24) is 9.29 Å². The van der Waals surface area contributed by atoms with Crippen LogP contribution in [0.4, 0.5) is 0 Å². The number of ether oxygens (including phenoxy) is 1. The van der Waals surface area contributed by atoms with Crippen LogP contribution in [0.5, 0.6) is 5.75 Å². The van der Waals surface area contributed by atoms with Gasteiger partial charge in [0, 0.05) is 47.2 Å². The molecular formula is C20H29IN2O2S. The van der Waals surface area contributed by atoms with E-state index in [-0.39, 0.29) is 11.3 Å². The van der Waals surface area contributed by atoms with Gasteiger partial charge in [0.25, 0.3) is 0 Å². The van der Waals surface area contributed by atoms with Crippen LogP contribution >= 0.6 is 30.3 Å². The predicted octanol–water partition coefficient (Wildman–Crippen LogP) is 6.06. The number of carbonyl (C=O) groups excluding carboxylic acids is 1. The van der Waals surface area contributed by atoms with Crippen molar-refractivity contribution in [3.8, 4) is 5.75 Å². The molecule has 1 aliphatic rings. The number of nitrogens with one attached hydrogen (secondary N) is 1. The monoisotopic (exact) mass is 488 g/mol. The fourth-order valence-corrected chi connectivity index (χ4v) is 4.75. The number of methoxy groups -OCH3 is 1. The van der Waals surface area contributed by atoms with Crippen LogP contribution in [0.1, 0.15) is 64.6 Å². The molecule has 1 saturated carbocycles. The molecule has 1 heterocycles. The van der Waals surface area contributed by atoms with Crippen molar-refractivity contribution in [2.75, 3.05) is 7.11 Å². The van der Waals surface area contributed by atoms with Crippen molar-refractivity contribution in [1.29, 1.82) is 0 Å². The van der Waals surface area contributed by atoms with Crippen LogP contribution in [-0.4, -0.2) is 17.0 Å². The molecule has 1 aliphatic carbocycles. The van der Waals surface area contributed by atoms with Crippen molar-refractivity contribution in [2.45, 2.75) is 59.9 Å². The van der Waals surface area contributed by atoms with Crippen molar-refractivity contribution in [3.63, 3.8) is 0 Å². The first-order valence-corrected chi connectivity index (χ1v) is 12.5. The predicted molar refractivity (Wildman–Crippen MR) is 120 cm³/mol. The number of rotatable bonds is 6. The number of aromatic nitrogens is 1. The van der Waals surface area contributed by atoms with Crippen LogP contribution in [0.25, 0.3) is 10.9 Å². The Labute approximate surface area is 173 Å². The minimum absolute atomic E-state index is 0.137. The molecule has 0 saturated heterocycles. The zero-order chi connectivity index (χ0) is 19.5. The number of hydrogen-bond acceptors (Lipinski definition) is 3. The minimum Gasteiger partial charge on any atom is -0.496 e. The van der Waals surface area contributed by atoms with Gasteiger partial charge in [-0.25, -0.2) is 0 Å². The number of carbonyl (C=O) groups is 1. The lowest BCUT2D eigenvalue weighted by Gasteiger charge is -2.13. The van der Waals surface area contributed by atoms with Gasteiger partial charge in [-0.1, -0.05) is 34.6 Å². The van der Waals surface area contributed by atoms with Crippen LogP contribution < -0.4 is 10.1 Å². The third-order valence-electron chi connectivity index (χ3n) is 4.85. The molecule has 1 fully saturated rings. The number of amides is 1. The molecule has 1 aromatic heterocycles. The average Bonchev–Trinajstić information content (AvgIpc) is 3.30. The Morgan fingerprint density at radius 3 is 2.50 bits per heavy atom. The summed E-state index contributed by atoms with van der Waals surface area (Å²) in [6.45, 7) is 10.9. The standard InChI is InChI=1S/C18H23IN2O2S.C2H6/c1-11(2)14-8-12-7-13(10-20-17(22)18(3)5-6-18)21(24-19)15(12)9-16(14)23-4;1-2/h7-9,11H,5-6,10H2,1-4H3,(H,20,22);1-2H3. The fraction of sp³-hybridized carbons (Fsp3) is 0.550. The molecule has 0 spiro atoms. The van der Waals surface area contributed by atoms with Crippen LogP contribution in [0.15, 0.2) is 18.2 Å². The number of halogens is 1. The highest BCUT2D eigenvalue weighted by Gasteiger charge is 2.44. The summed E-state index contributed by atoms with van der Waals surface area (Å²) >= 11 is 2.28. The van der Waals surface area contributed by atoms with Gasteiger partial charge in [-0.05, 0) is 36.5 Å². The molecule has 2 aromatic rings. The summed E-state index contributed by atoms with van der Waals surface area (Å²) in [5.41, 5.74) is 3.30. The molecule has 6 heteroatoms. The van der Waals surface area contributed by atoms with E-state index in [9.17, 15) is 4.79 Å². The molecule has 26 heavy (non-hydrogen) atoms. The maximum atomic E-state index is 12.2. The SMILES string of the molecule is CC.COc1cc2c(cc1C(C)C)cc(CNC(=O)C1(C)CC1)n2SI. The van der Waals surface area contributed by atoms with E-state index in [0.717, 1.165) is 29.8 Å². The Bertz CT molecular complexity index is 782. The highest BCUT2D eigenvalue weighted by atomic mass is 127. The van der Waals surface area contributed by atoms with Gasteiger partial charge in [0.2, 0.25) is 5.91 Å². The van der Waals surface area contributed by atoms with Crippen molar-refractivity contribution < 1.29 is 9.53 Å². The first-order valence-electron chi connectivity index (χ1n) is 9.19. The van der Waals surface area contributed by atoms with Crippen molar-refractivity contribution >= 4 is 47.1 Å². The van der Waals surface area contributed by atoms with Gasteiger partial charge in [-0.3, -0.25) is 8.77 Å². The molecule has 0 unspecified atom stereocenters. The van der Waals surface area contributed by atoms with Crippen LogP contribution in [0.2, 0.25) is 0 Å². The van der Waals surface area contributed by atoms with E-state index < -0.39 is 0 Å². The van der Waals surface area contributed by atoms with Gasteiger partial charge in [-0.2, -0.15) is 0 Å². The molecule has 144 valence electrons. The van der Waals surface area contributed by atoms with E-state index in [1.54, 1.807) is 16.2 Å². The average molecular weight is 488 g/mol. The van der Waals surface area contributed by atoms with Crippen LogP contribution in [0.3, 0.4) is 0 Å². The molecule has 1 amide bonds. The first-order chi connectivity index (χ1) is 12.4. The summed E-state index contributed by atoms with van der Waals surface area (Å²) in [6, 6.07) is 6.47. The lowest BCUT2D eigenvalue weighted by atomic mass is 10.0. The molecule has 1 N–H and O–H groups in total. The van der Waals surface area contributed by atoms with E-state index >= 15 is 0 Å². The van der Waals surface area contributed by atoms with Gasteiger partial charge >= 0.3 is 0 Å². The van der Waals surface area contributed by atoms with Crippen molar-refractivity contribution in [3.05, 3.63) is 29.5 Å². The molecule has 0 aliphatic heterocycles. The molecule has 3 rings (SSSR count). The second-order valence-corrected chi connectivity index (χ2v) is 8.73. The fourth-order valence-electron chi connectivity index (χ4n) is 2.92. The highest BCUT2D eigenvalue weighted by molar-refractivity contribution is 14.2. The second-order valence-electron chi connectivity index (χ2n) is 7.05. The second kappa shape index (κ2) is 8.87. The third-order valence-corrected chi connectivity index (χ3v) is 6.60. The molecule has 4 nitrogen and oxygen atoms in total. The van der Waals surface area contributed by atoms with E-state index in [4.69, 9.17) is 4.74 Å². The summed E-state index contributed by atoms with van der Waals surface area (Å²) in [6.07, 6.45) is 2.00. The lowest BCUT2D eigenvalue weighted by molar-refractivity contribution is -0.125. The van der Waals surface area contributed by atoms with E-state index in [0.29, 0.717) is 12.5 Å². The normalized spacial score (nSPS) is 14.8. The Balaban J connectivity index is 0.00000117. The van der Waals surface area contributed by atoms with E-state index in [2.05, 4.69) is 62.5 Å². The summed E-state index contributed by atoms with van der Waals surface area (Å²) in [7, 11) is 3.34. The third kappa shape index (κ3) is 4.32. The Hall–Kier alpha value is -0.890. The van der Waals surface area contributed by atoms with Gasteiger partial charge < -0.3 is 10.1 Å². The Kier molecular flexibility index (Phi) is 7.30. The van der Waals surface area contributed by atoms with Crippen LogP contribution in [-0.2, 0) is 11.3 Å². The van der Waals surface area contributed by atoms with E-state index in [1.165, 1.54) is 10.9 Å². The highest BCUT2D eigenvalue weighted by Crippen LogP contribution is 2.45. The number of nitrogens with zero attached hydrogens (tertiary/aromatic N) is 1. The quantitative estimate of drug-likeness (QED) is 0.503.